The molecular weight excluding hydrogens is 262 g/mol. The van der Waals surface area contributed by atoms with Gasteiger partial charge in [-0.3, -0.25) is 0 Å². The monoisotopic (exact) mass is 280 g/mol. The van der Waals surface area contributed by atoms with Crippen LogP contribution < -0.4 is 0 Å². The Morgan fingerprint density at radius 1 is 0.650 bits per heavy atom. The maximum absolute atomic E-state index is 12.0. The molecule has 0 aromatic heterocycles. The highest BCUT2D eigenvalue weighted by atomic mass is 16.7. The second kappa shape index (κ2) is 4.46. The summed E-state index contributed by atoms with van der Waals surface area (Å²) in [5.74, 6) is -1.81. The van der Waals surface area contributed by atoms with E-state index >= 15 is 0 Å². The molecule has 0 unspecified atom stereocenters. The van der Waals surface area contributed by atoms with Crippen LogP contribution in [0.1, 0.15) is 41.5 Å². The van der Waals surface area contributed by atoms with Crippen molar-refractivity contribution in [3.63, 3.8) is 0 Å². The van der Waals surface area contributed by atoms with E-state index in [-0.39, 0.29) is 11.5 Å². The standard InChI is InChI=1S/C12H18B2O6/c1-11(2,3)13-17-7-8(9(15)19-13)18-14(12(4,5)6)20-10(7)16/h1-6H3. The molecule has 108 valence electrons. The van der Waals surface area contributed by atoms with Crippen molar-refractivity contribution in [2.45, 2.75) is 52.2 Å². The summed E-state index contributed by atoms with van der Waals surface area (Å²) < 4.78 is 21.2. The Kier molecular flexibility index (Phi) is 3.31. The first-order chi connectivity index (χ1) is 9.00. The van der Waals surface area contributed by atoms with Gasteiger partial charge in [-0.1, -0.05) is 41.5 Å². The Hall–Kier alpha value is -1.59. The largest absolute Gasteiger partial charge is 0.602 e. The van der Waals surface area contributed by atoms with Crippen LogP contribution in [0.2, 0.25) is 10.6 Å². The zero-order valence-corrected chi connectivity index (χ0v) is 12.6. The Morgan fingerprint density at radius 2 is 0.950 bits per heavy atom. The maximum Gasteiger partial charge on any atom is 0.602 e. The van der Waals surface area contributed by atoms with E-state index < -0.39 is 36.8 Å². The molecule has 0 saturated heterocycles. The molecular formula is C12H18B2O6. The highest BCUT2D eigenvalue weighted by Gasteiger charge is 2.53. The molecule has 8 heteroatoms. The van der Waals surface area contributed by atoms with Gasteiger partial charge < -0.3 is 18.6 Å². The van der Waals surface area contributed by atoms with Crippen LogP contribution in [-0.2, 0) is 28.2 Å². The summed E-state index contributed by atoms with van der Waals surface area (Å²) in [7, 11) is -1.70. The molecule has 0 aliphatic carbocycles. The van der Waals surface area contributed by atoms with Gasteiger partial charge in [-0.05, 0) is 0 Å². The van der Waals surface area contributed by atoms with Crippen LogP contribution in [-0.4, -0.2) is 26.2 Å². The van der Waals surface area contributed by atoms with Gasteiger partial charge in [-0.15, -0.1) is 0 Å². The van der Waals surface area contributed by atoms with Crippen molar-refractivity contribution in [3.8, 4) is 0 Å². The Balaban J connectivity index is 2.31. The number of rotatable bonds is 0. The second-order valence-electron chi connectivity index (χ2n) is 7.10. The zero-order valence-electron chi connectivity index (χ0n) is 12.6. The third-order valence-corrected chi connectivity index (χ3v) is 2.87. The minimum atomic E-state index is -0.851. The van der Waals surface area contributed by atoms with Crippen molar-refractivity contribution in [1.82, 2.24) is 0 Å². The van der Waals surface area contributed by atoms with Crippen LogP contribution in [0.4, 0.5) is 0 Å². The van der Waals surface area contributed by atoms with Crippen LogP contribution in [0.3, 0.4) is 0 Å². The van der Waals surface area contributed by atoms with Gasteiger partial charge in [0.05, 0.1) is 0 Å². The summed E-state index contributed by atoms with van der Waals surface area (Å²) in [6, 6.07) is 0. The predicted molar refractivity (Wildman–Crippen MR) is 72.3 cm³/mol. The lowest BCUT2D eigenvalue weighted by Gasteiger charge is -2.36. The third-order valence-electron chi connectivity index (χ3n) is 2.87. The Labute approximate surface area is 119 Å². The van der Waals surface area contributed by atoms with Crippen LogP contribution >= 0.6 is 0 Å². The molecule has 2 rings (SSSR count). The van der Waals surface area contributed by atoms with E-state index in [9.17, 15) is 9.59 Å². The van der Waals surface area contributed by atoms with Crippen molar-refractivity contribution in [2.75, 3.05) is 0 Å². The van der Waals surface area contributed by atoms with Crippen LogP contribution in [0.25, 0.3) is 0 Å². The second-order valence-corrected chi connectivity index (χ2v) is 7.10. The summed E-state index contributed by atoms with van der Waals surface area (Å²) in [6.07, 6.45) is 0. The first-order valence-electron chi connectivity index (χ1n) is 6.49. The molecule has 0 spiro atoms. The molecule has 0 aromatic rings. The van der Waals surface area contributed by atoms with Crippen molar-refractivity contribution >= 4 is 26.2 Å². The van der Waals surface area contributed by atoms with Crippen molar-refractivity contribution in [1.29, 1.82) is 0 Å². The maximum atomic E-state index is 12.0. The summed E-state index contributed by atoms with van der Waals surface area (Å²) in [6.45, 7) is 11.0. The lowest BCUT2D eigenvalue weighted by molar-refractivity contribution is -0.145. The summed E-state index contributed by atoms with van der Waals surface area (Å²) in [5, 5.41) is -0.926. The van der Waals surface area contributed by atoms with Crippen LogP contribution in [0.15, 0.2) is 11.5 Å². The van der Waals surface area contributed by atoms with Gasteiger partial charge in [-0.2, -0.15) is 0 Å². The number of hydrogen-bond donors (Lipinski definition) is 0. The normalized spacial score (nSPS) is 19.9. The molecule has 0 fully saturated rings. The smallest absolute Gasteiger partial charge is 0.518 e. The van der Waals surface area contributed by atoms with E-state index in [0.717, 1.165) is 0 Å². The quantitative estimate of drug-likeness (QED) is 0.631. The molecule has 0 bridgehead atoms. The molecule has 0 aromatic carbocycles. The summed E-state index contributed by atoms with van der Waals surface area (Å²) in [5.41, 5.74) is 0. The molecule has 2 heterocycles. The number of hydrogen-bond acceptors (Lipinski definition) is 6. The molecule has 20 heavy (non-hydrogen) atoms. The third kappa shape index (κ3) is 2.64. The molecule has 6 nitrogen and oxygen atoms in total. The fourth-order valence-electron chi connectivity index (χ4n) is 1.66. The first kappa shape index (κ1) is 14.8. The van der Waals surface area contributed by atoms with E-state index in [1.54, 1.807) is 0 Å². The highest BCUT2D eigenvalue weighted by Crippen LogP contribution is 2.38. The van der Waals surface area contributed by atoms with Gasteiger partial charge in [0.15, 0.2) is 0 Å². The van der Waals surface area contributed by atoms with Crippen molar-refractivity contribution in [2.24, 2.45) is 0 Å². The minimum Gasteiger partial charge on any atom is -0.518 e. The fourth-order valence-corrected chi connectivity index (χ4v) is 1.66. The minimum absolute atomic E-state index is 0.207. The van der Waals surface area contributed by atoms with Gasteiger partial charge in [-0.25, -0.2) is 9.59 Å². The van der Waals surface area contributed by atoms with Crippen LogP contribution in [0.5, 0.6) is 0 Å². The summed E-state index contributed by atoms with van der Waals surface area (Å²) in [4.78, 5) is 24.0. The van der Waals surface area contributed by atoms with Gasteiger partial charge in [0.1, 0.15) is 0 Å². The topological polar surface area (TPSA) is 71.1 Å². The first-order valence-corrected chi connectivity index (χ1v) is 6.49. The van der Waals surface area contributed by atoms with E-state index in [1.165, 1.54) is 0 Å². The average Bonchev–Trinajstić information content (AvgIpc) is 2.27. The number of carbonyl (C=O) groups excluding carboxylic acids is 2. The summed E-state index contributed by atoms with van der Waals surface area (Å²) >= 11 is 0. The molecule has 2 aliphatic rings. The molecule has 0 radical (unpaired) electrons. The van der Waals surface area contributed by atoms with Gasteiger partial charge in [0.2, 0.25) is 11.5 Å². The molecule has 0 amide bonds. The van der Waals surface area contributed by atoms with Crippen LogP contribution in [0, 0.1) is 0 Å². The van der Waals surface area contributed by atoms with E-state index in [4.69, 9.17) is 18.6 Å². The van der Waals surface area contributed by atoms with E-state index in [0.29, 0.717) is 0 Å². The lowest BCUT2D eigenvalue weighted by Crippen LogP contribution is -2.48. The Morgan fingerprint density at radius 3 is 1.20 bits per heavy atom. The highest BCUT2D eigenvalue weighted by molar-refractivity contribution is 6.55. The molecule has 0 N–H and O–H groups in total. The van der Waals surface area contributed by atoms with E-state index in [2.05, 4.69) is 0 Å². The SMILES string of the molecule is CC(C)(C)B1OC(=O)C2=C(O1)C(=O)OB(C(C)(C)C)O2. The predicted octanol–water partition coefficient (Wildman–Crippen LogP) is 1.92. The lowest BCUT2D eigenvalue weighted by atomic mass is 9.59. The average molecular weight is 280 g/mol. The number of carbonyl (C=O) groups is 2. The van der Waals surface area contributed by atoms with Gasteiger partial charge >= 0.3 is 26.2 Å². The molecule has 0 atom stereocenters. The van der Waals surface area contributed by atoms with Crippen molar-refractivity contribution < 1.29 is 28.2 Å². The molecule has 2 aliphatic heterocycles. The fraction of sp³-hybridized carbons (Fsp3) is 0.667. The van der Waals surface area contributed by atoms with Gasteiger partial charge in [0, 0.05) is 10.6 Å². The molecule has 0 saturated carbocycles. The zero-order chi connectivity index (χ0) is 15.3. The van der Waals surface area contributed by atoms with E-state index in [1.807, 2.05) is 41.5 Å². The van der Waals surface area contributed by atoms with Gasteiger partial charge in [0.25, 0.3) is 0 Å². The Bertz CT molecular complexity index is 441. The van der Waals surface area contributed by atoms with Crippen molar-refractivity contribution in [3.05, 3.63) is 11.5 Å².